The summed E-state index contributed by atoms with van der Waals surface area (Å²) >= 11 is 3.07. The lowest BCUT2D eigenvalue weighted by Gasteiger charge is -2.21. The molecule has 0 fully saturated rings. The average molecular weight is 319 g/mol. The summed E-state index contributed by atoms with van der Waals surface area (Å²) in [5.41, 5.74) is 6.75. The van der Waals surface area contributed by atoms with Gasteiger partial charge in [0.25, 0.3) is 0 Å². The number of hydrogen-bond acceptors (Lipinski definition) is 3. The Hall–Kier alpha value is -0.810. The zero-order chi connectivity index (χ0) is 13.7. The normalized spacial score (nSPS) is 12.8. The summed E-state index contributed by atoms with van der Waals surface area (Å²) in [5, 5.41) is 13.0. The number of nitrogens with one attached hydrogen (secondary N) is 1. The highest BCUT2D eigenvalue weighted by molar-refractivity contribution is 9.10. The van der Waals surface area contributed by atoms with E-state index in [-0.39, 0.29) is 11.7 Å². The van der Waals surface area contributed by atoms with Crippen LogP contribution in [0.4, 0.5) is 15.8 Å². The molecule has 5 heteroatoms. The first-order chi connectivity index (χ1) is 8.49. The Morgan fingerprint density at radius 3 is 2.56 bits per heavy atom. The van der Waals surface area contributed by atoms with Crippen LogP contribution < -0.4 is 11.1 Å². The van der Waals surface area contributed by atoms with E-state index in [0.29, 0.717) is 22.4 Å². The van der Waals surface area contributed by atoms with Gasteiger partial charge in [-0.1, -0.05) is 26.7 Å². The molecule has 18 heavy (non-hydrogen) atoms. The third kappa shape index (κ3) is 3.85. The van der Waals surface area contributed by atoms with Gasteiger partial charge in [0.15, 0.2) is 0 Å². The van der Waals surface area contributed by atoms with E-state index >= 15 is 0 Å². The SMILES string of the molecule is CCC(CC)C(O)CNc1cc(F)c(Br)cc1N. The maximum atomic E-state index is 13.4. The van der Waals surface area contributed by atoms with Gasteiger partial charge in [-0.2, -0.15) is 0 Å². The Bertz CT molecular complexity index is 397. The van der Waals surface area contributed by atoms with Crippen LogP contribution in [0.15, 0.2) is 16.6 Å². The van der Waals surface area contributed by atoms with Crippen LogP contribution in [0.1, 0.15) is 26.7 Å². The quantitative estimate of drug-likeness (QED) is 0.705. The molecule has 3 nitrogen and oxygen atoms in total. The molecule has 0 aliphatic heterocycles. The lowest BCUT2D eigenvalue weighted by Crippen LogP contribution is -2.27. The van der Waals surface area contributed by atoms with E-state index in [4.69, 9.17) is 5.73 Å². The minimum atomic E-state index is -0.453. The van der Waals surface area contributed by atoms with Crippen molar-refractivity contribution in [1.29, 1.82) is 0 Å². The lowest BCUT2D eigenvalue weighted by atomic mass is 9.96. The van der Waals surface area contributed by atoms with E-state index in [9.17, 15) is 9.50 Å². The van der Waals surface area contributed by atoms with Crippen molar-refractivity contribution >= 4 is 27.3 Å². The Morgan fingerprint density at radius 1 is 1.39 bits per heavy atom. The van der Waals surface area contributed by atoms with Gasteiger partial charge in [-0.3, -0.25) is 0 Å². The summed E-state index contributed by atoms with van der Waals surface area (Å²) in [6, 6.07) is 2.85. The van der Waals surface area contributed by atoms with Crippen LogP contribution in [0.2, 0.25) is 0 Å². The number of anilines is 2. The van der Waals surface area contributed by atoms with Gasteiger partial charge in [0.05, 0.1) is 22.0 Å². The van der Waals surface area contributed by atoms with Crippen LogP contribution in [0.25, 0.3) is 0 Å². The van der Waals surface area contributed by atoms with Gasteiger partial charge in [-0.15, -0.1) is 0 Å². The van der Waals surface area contributed by atoms with E-state index in [2.05, 4.69) is 21.2 Å². The molecule has 1 rings (SSSR count). The first kappa shape index (κ1) is 15.2. The van der Waals surface area contributed by atoms with Gasteiger partial charge in [-0.05, 0) is 27.9 Å². The van der Waals surface area contributed by atoms with Crippen molar-refractivity contribution in [2.45, 2.75) is 32.8 Å². The third-order valence-corrected chi connectivity index (χ3v) is 3.79. The van der Waals surface area contributed by atoms with E-state index < -0.39 is 6.10 Å². The van der Waals surface area contributed by atoms with Gasteiger partial charge < -0.3 is 16.2 Å². The summed E-state index contributed by atoms with van der Waals surface area (Å²) in [6.45, 7) is 4.47. The van der Waals surface area contributed by atoms with Crippen molar-refractivity contribution in [3.05, 3.63) is 22.4 Å². The van der Waals surface area contributed by atoms with Crippen LogP contribution >= 0.6 is 15.9 Å². The van der Waals surface area contributed by atoms with Gasteiger partial charge in [0.1, 0.15) is 5.82 Å². The zero-order valence-corrected chi connectivity index (χ0v) is 12.3. The highest BCUT2D eigenvalue weighted by atomic mass is 79.9. The molecule has 0 saturated carbocycles. The molecule has 0 radical (unpaired) electrons. The summed E-state index contributed by atoms with van der Waals surface area (Å²) in [6.07, 6.45) is 1.39. The van der Waals surface area contributed by atoms with Crippen LogP contribution in [0.5, 0.6) is 0 Å². The van der Waals surface area contributed by atoms with Crippen molar-refractivity contribution in [1.82, 2.24) is 0 Å². The molecule has 0 aromatic heterocycles. The molecule has 4 N–H and O–H groups in total. The molecule has 0 spiro atoms. The number of rotatable bonds is 6. The van der Waals surface area contributed by atoms with Crippen LogP contribution in [0.3, 0.4) is 0 Å². The lowest BCUT2D eigenvalue weighted by molar-refractivity contribution is 0.114. The molecule has 0 saturated heterocycles. The molecule has 102 valence electrons. The predicted molar refractivity (Wildman–Crippen MR) is 77.1 cm³/mol. The molecule has 0 bridgehead atoms. The zero-order valence-electron chi connectivity index (χ0n) is 10.7. The molecule has 1 aromatic rings. The molecule has 1 atom stereocenters. The number of nitrogen functional groups attached to an aromatic ring is 1. The number of halogens is 2. The average Bonchev–Trinajstić information content (AvgIpc) is 2.33. The van der Waals surface area contributed by atoms with Gasteiger partial charge in [0, 0.05) is 12.6 Å². The second kappa shape index (κ2) is 6.95. The second-order valence-electron chi connectivity index (χ2n) is 4.38. The fraction of sp³-hybridized carbons (Fsp3) is 0.538. The van der Waals surface area contributed by atoms with E-state index in [0.717, 1.165) is 12.8 Å². The van der Waals surface area contributed by atoms with E-state index in [1.165, 1.54) is 12.1 Å². The Labute approximate surface area is 116 Å². The largest absolute Gasteiger partial charge is 0.397 e. The third-order valence-electron chi connectivity index (χ3n) is 3.19. The smallest absolute Gasteiger partial charge is 0.139 e. The molecule has 1 unspecified atom stereocenters. The molecule has 1 aromatic carbocycles. The van der Waals surface area contributed by atoms with Gasteiger partial charge in [0.2, 0.25) is 0 Å². The number of aliphatic hydroxyl groups is 1. The number of aliphatic hydroxyl groups excluding tert-OH is 1. The number of benzene rings is 1. The van der Waals surface area contributed by atoms with Gasteiger partial charge >= 0.3 is 0 Å². The molecule has 0 aliphatic rings. The van der Waals surface area contributed by atoms with Crippen molar-refractivity contribution in [3.63, 3.8) is 0 Å². The van der Waals surface area contributed by atoms with Crippen LogP contribution in [0, 0.1) is 11.7 Å². The fourth-order valence-corrected chi connectivity index (χ4v) is 2.29. The fourth-order valence-electron chi connectivity index (χ4n) is 1.93. The van der Waals surface area contributed by atoms with Crippen LogP contribution in [-0.2, 0) is 0 Å². The van der Waals surface area contributed by atoms with Crippen molar-refractivity contribution in [2.75, 3.05) is 17.6 Å². The minimum absolute atomic E-state index is 0.249. The summed E-state index contributed by atoms with van der Waals surface area (Å²) < 4.78 is 13.7. The highest BCUT2D eigenvalue weighted by Crippen LogP contribution is 2.26. The second-order valence-corrected chi connectivity index (χ2v) is 5.23. The van der Waals surface area contributed by atoms with E-state index in [1.807, 2.05) is 13.8 Å². The maximum absolute atomic E-state index is 13.4. The molecular weight excluding hydrogens is 299 g/mol. The molecular formula is C13H20BrFN2O. The van der Waals surface area contributed by atoms with Gasteiger partial charge in [-0.25, -0.2) is 4.39 Å². The number of nitrogens with two attached hydrogens (primary N) is 1. The van der Waals surface area contributed by atoms with Crippen molar-refractivity contribution in [2.24, 2.45) is 5.92 Å². The molecule has 0 heterocycles. The first-order valence-corrected chi connectivity index (χ1v) is 6.95. The van der Waals surface area contributed by atoms with Crippen molar-refractivity contribution < 1.29 is 9.50 Å². The monoisotopic (exact) mass is 318 g/mol. The number of hydrogen-bond donors (Lipinski definition) is 3. The van der Waals surface area contributed by atoms with Crippen LogP contribution in [-0.4, -0.2) is 17.8 Å². The topological polar surface area (TPSA) is 58.3 Å². The molecule has 0 amide bonds. The summed E-state index contributed by atoms with van der Waals surface area (Å²) in [5.74, 6) is -0.122. The standard InChI is InChI=1S/C13H20BrFN2O/c1-3-8(4-2)13(18)7-17-12-6-10(15)9(14)5-11(12)16/h5-6,8,13,17-18H,3-4,7,16H2,1-2H3. The maximum Gasteiger partial charge on any atom is 0.139 e. The first-order valence-electron chi connectivity index (χ1n) is 6.16. The Balaban J connectivity index is 2.66. The predicted octanol–water partition coefficient (Wildman–Crippen LogP) is 3.38. The van der Waals surface area contributed by atoms with Crippen molar-refractivity contribution in [3.8, 4) is 0 Å². The van der Waals surface area contributed by atoms with E-state index in [1.54, 1.807) is 0 Å². The highest BCUT2D eigenvalue weighted by Gasteiger charge is 2.15. The molecule has 0 aliphatic carbocycles. The summed E-state index contributed by atoms with van der Waals surface area (Å²) in [7, 11) is 0. The summed E-state index contributed by atoms with van der Waals surface area (Å²) in [4.78, 5) is 0. The Morgan fingerprint density at radius 2 is 2.00 bits per heavy atom. The minimum Gasteiger partial charge on any atom is -0.397 e. The Kier molecular flexibility index (Phi) is 5.88.